The van der Waals surface area contributed by atoms with Gasteiger partial charge >= 0.3 is 7.12 Å². The molecule has 2 rings (SSSR count). The van der Waals surface area contributed by atoms with Crippen molar-refractivity contribution in [3.63, 3.8) is 0 Å². The number of rotatable bonds is 4. The summed E-state index contributed by atoms with van der Waals surface area (Å²) in [6, 6.07) is 12.7. The molecule has 0 saturated heterocycles. The molecule has 0 atom stereocenters. The summed E-state index contributed by atoms with van der Waals surface area (Å²) in [7, 11) is -1.52. The first-order chi connectivity index (χ1) is 9.06. The standard InChI is InChI=1S/C14H14BClO3/c1-10-3-2-4-11(7-10)9-19-14-6-5-12(15(17)18)8-13(14)16/h2-8,17-18H,9H2,1H3. The van der Waals surface area contributed by atoms with E-state index < -0.39 is 7.12 Å². The zero-order valence-corrected chi connectivity index (χ0v) is 11.3. The van der Waals surface area contributed by atoms with E-state index in [-0.39, 0.29) is 0 Å². The number of benzene rings is 2. The van der Waals surface area contributed by atoms with E-state index in [1.165, 1.54) is 11.6 Å². The third kappa shape index (κ3) is 3.74. The van der Waals surface area contributed by atoms with E-state index in [9.17, 15) is 0 Å². The molecule has 0 fully saturated rings. The summed E-state index contributed by atoms with van der Waals surface area (Å²) in [5.74, 6) is 0.521. The Bertz CT molecular complexity index is 572. The normalized spacial score (nSPS) is 10.3. The summed E-state index contributed by atoms with van der Waals surface area (Å²) < 4.78 is 5.62. The molecule has 0 heterocycles. The van der Waals surface area contributed by atoms with Crippen LogP contribution in [0, 0.1) is 6.92 Å². The van der Waals surface area contributed by atoms with E-state index in [4.69, 9.17) is 26.4 Å². The van der Waals surface area contributed by atoms with Crippen LogP contribution in [0.2, 0.25) is 5.02 Å². The highest BCUT2D eigenvalue weighted by atomic mass is 35.5. The van der Waals surface area contributed by atoms with Crippen molar-refractivity contribution in [2.24, 2.45) is 0 Å². The van der Waals surface area contributed by atoms with Gasteiger partial charge in [0.25, 0.3) is 0 Å². The quantitative estimate of drug-likeness (QED) is 0.839. The summed E-state index contributed by atoms with van der Waals surface area (Å²) in [6.07, 6.45) is 0. The van der Waals surface area contributed by atoms with Crippen LogP contribution < -0.4 is 10.2 Å². The number of hydrogen-bond donors (Lipinski definition) is 2. The molecular formula is C14H14BClO3. The Kier molecular flexibility index (Phi) is 4.48. The molecule has 3 nitrogen and oxygen atoms in total. The molecule has 2 N–H and O–H groups in total. The maximum Gasteiger partial charge on any atom is 0.488 e. The Morgan fingerprint density at radius 2 is 1.95 bits per heavy atom. The average molecular weight is 277 g/mol. The molecule has 0 spiro atoms. The molecular weight excluding hydrogens is 262 g/mol. The van der Waals surface area contributed by atoms with Crippen LogP contribution in [0.5, 0.6) is 5.75 Å². The third-order valence-electron chi connectivity index (χ3n) is 2.73. The molecule has 0 unspecified atom stereocenters. The van der Waals surface area contributed by atoms with Gasteiger partial charge in [0, 0.05) is 0 Å². The Morgan fingerprint density at radius 3 is 2.58 bits per heavy atom. The first-order valence-electron chi connectivity index (χ1n) is 5.90. The van der Waals surface area contributed by atoms with Gasteiger partial charge in [0.05, 0.1) is 5.02 Å². The first-order valence-corrected chi connectivity index (χ1v) is 6.28. The van der Waals surface area contributed by atoms with E-state index in [1.807, 2.05) is 31.2 Å². The summed E-state index contributed by atoms with van der Waals surface area (Å²) in [5.41, 5.74) is 2.57. The lowest BCUT2D eigenvalue weighted by molar-refractivity contribution is 0.306. The van der Waals surface area contributed by atoms with Crippen LogP contribution in [0.25, 0.3) is 0 Å². The minimum absolute atomic E-state index is 0.341. The lowest BCUT2D eigenvalue weighted by Gasteiger charge is -2.10. The SMILES string of the molecule is Cc1cccc(COc2ccc(B(O)O)cc2Cl)c1. The maximum absolute atomic E-state index is 9.03. The largest absolute Gasteiger partial charge is 0.488 e. The van der Waals surface area contributed by atoms with E-state index in [0.29, 0.717) is 22.8 Å². The van der Waals surface area contributed by atoms with E-state index in [2.05, 4.69) is 0 Å². The third-order valence-corrected chi connectivity index (χ3v) is 3.03. The van der Waals surface area contributed by atoms with Crippen LogP contribution in [0.3, 0.4) is 0 Å². The lowest BCUT2D eigenvalue weighted by Crippen LogP contribution is -2.29. The molecule has 0 aliphatic rings. The van der Waals surface area contributed by atoms with E-state index in [0.717, 1.165) is 5.56 Å². The molecule has 0 aliphatic carbocycles. The predicted octanol–water partition coefficient (Wildman–Crippen LogP) is 1.91. The minimum Gasteiger partial charge on any atom is -0.487 e. The summed E-state index contributed by atoms with van der Waals surface area (Å²) >= 11 is 6.02. The van der Waals surface area contributed by atoms with Crippen molar-refractivity contribution >= 4 is 24.2 Å². The molecule has 0 bridgehead atoms. The highest BCUT2D eigenvalue weighted by molar-refractivity contribution is 6.59. The number of halogens is 1. The van der Waals surface area contributed by atoms with Crippen molar-refractivity contribution in [3.8, 4) is 5.75 Å². The van der Waals surface area contributed by atoms with Crippen LogP contribution in [0.1, 0.15) is 11.1 Å². The molecule has 2 aromatic carbocycles. The summed E-state index contributed by atoms with van der Waals surface area (Å²) in [5, 5.41) is 18.4. The van der Waals surface area contributed by atoms with Crippen molar-refractivity contribution in [2.75, 3.05) is 0 Å². The second kappa shape index (κ2) is 6.11. The molecule has 0 amide bonds. The number of ether oxygens (including phenoxy) is 1. The topological polar surface area (TPSA) is 49.7 Å². The highest BCUT2D eigenvalue weighted by Crippen LogP contribution is 2.23. The van der Waals surface area contributed by atoms with Crippen LogP contribution in [-0.4, -0.2) is 17.2 Å². The van der Waals surface area contributed by atoms with Crippen molar-refractivity contribution in [3.05, 3.63) is 58.6 Å². The molecule has 0 saturated carbocycles. The van der Waals surface area contributed by atoms with Gasteiger partial charge in [-0.15, -0.1) is 0 Å². The van der Waals surface area contributed by atoms with Crippen molar-refractivity contribution in [1.29, 1.82) is 0 Å². The Morgan fingerprint density at radius 1 is 1.16 bits per heavy atom. The highest BCUT2D eigenvalue weighted by Gasteiger charge is 2.13. The van der Waals surface area contributed by atoms with Gasteiger partial charge in [-0.05, 0) is 30.1 Å². The number of hydrogen-bond acceptors (Lipinski definition) is 3. The van der Waals surface area contributed by atoms with Gasteiger partial charge in [-0.2, -0.15) is 0 Å². The molecule has 0 radical (unpaired) electrons. The molecule has 0 aromatic heterocycles. The van der Waals surface area contributed by atoms with Gasteiger partial charge in [-0.3, -0.25) is 0 Å². The van der Waals surface area contributed by atoms with Crippen molar-refractivity contribution in [1.82, 2.24) is 0 Å². The zero-order valence-electron chi connectivity index (χ0n) is 10.5. The van der Waals surface area contributed by atoms with Gasteiger partial charge in [-0.1, -0.05) is 47.5 Å². The smallest absolute Gasteiger partial charge is 0.487 e. The van der Waals surface area contributed by atoms with Crippen LogP contribution in [0.4, 0.5) is 0 Å². The fourth-order valence-corrected chi connectivity index (χ4v) is 2.00. The van der Waals surface area contributed by atoms with Gasteiger partial charge in [0.2, 0.25) is 0 Å². The van der Waals surface area contributed by atoms with Crippen LogP contribution >= 0.6 is 11.6 Å². The second-order valence-corrected chi connectivity index (χ2v) is 4.75. The van der Waals surface area contributed by atoms with Crippen molar-refractivity contribution < 1.29 is 14.8 Å². The number of aryl methyl sites for hydroxylation is 1. The summed E-state index contributed by atoms with van der Waals surface area (Å²) in [4.78, 5) is 0. The second-order valence-electron chi connectivity index (χ2n) is 4.34. The minimum atomic E-state index is -1.52. The summed E-state index contributed by atoms with van der Waals surface area (Å²) in [6.45, 7) is 2.44. The van der Waals surface area contributed by atoms with E-state index >= 15 is 0 Å². The molecule has 2 aromatic rings. The Hall–Kier alpha value is -1.49. The Balaban J connectivity index is 2.07. The maximum atomic E-state index is 9.03. The van der Waals surface area contributed by atoms with Gasteiger partial charge < -0.3 is 14.8 Å². The van der Waals surface area contributed by atoms with Crippen LogP contribution in [-0.2, 0) is 6.61 Å². The molecule has 98 valence electrons. The van der Waals surface area contributed by atoms with Gasteiger partial charge in [-0.25, -0.2) is 0 Å². The van der Waals surface area contributed by atoms with Crippen molar-refractivity contribution in [2.45, 2.75) is 13.5 Å². The monoisotopic (exact) mass is 276 g/mol. The van der Waals surface area contributed by atoms with Gasteiger partial charge in [0.15, 0.2) is 0 Å². The molecule has 19 heavy (non-hydrogen) atoms. The molecule has 0 aliphatic heterocycles. The lowest BCUT2D eigenvalue weighted by atomic mass is 9.80. The predicted molar refractivity (Wildman–Crippen MR) is 76.8 cm³/mol. The fourth-order valence-electron chi connectivity index (χ4n) is 1.76. The first kappa shape index (κ1) is 13.9. The van der Waals surface area contributed by atoms with Crippen LogP contribution in [0.15, 0.2) is 42.5 Å². The molecule has 5 heteroatoms. The average Bonchev–Trinajstić information content (AvgIpc) is 2.37. The zero-order chi connectivity index (χ0) is 13.8. The Labute approximate surface area is 117 Å². The fraction of sp³-hybridized carbons (Fsp3) is 0.143. The van der Waals surface area contributed by atoms with Gasteiger partial charge in [0.1, 0.15) is 12.4 Å². The van der Waals surface area contributed by atoms with E-state index in [1.54, 1.807) is 12.1 Å².